The molecule has 4 rings (SSSR count). The number of aromatic nitrogens is 2. The lowest BCUT2D eigenvalue weighted by atomic mass is 10.2. The summed E-state index contributed by atoms with van der Waals surface area (Å²) in [6, 6.07) is 13.3. The number of fused-ring (bicyclic) bond motifs is 2. The maximum Gasteiger partial charge on any atom is 0.174 e. The lowest BCUT2D eigenvalue weighted by Crippen LogP contribution is -1.74. The average molecular weight is 303 g/mol. The van der Waals surface area contributed by atoms with Gasteiger partial charge in [-0.15, -0.1) is 0 Å². The molecule has 0 saturated heterocycles. The van der Waals surface area contributed by atoms with Gasteiger partial charge >= 0.3 is 0 Å². The quantitative estimate of drug-likeness (QED) is 0.519. The molecule has 0 spiro atoms. The second-order valence-electron chi connectivity index (χ2n) is 4.52. The van der Waals surface area contributed by atoms with Gasteiger partial charge in [0.15, 0.2) is 11.6 Å². The number of para-hydroxylation sites is 1. The topological polar surface area (TPSA) is 41.8 Å². The molecule has 4 aromatic rings. The fraction of sp³-hybridized carbons (Fsp3) is 0. The zero-order valence-corrected chi connectivity index (χ0v) is 11.7. The average Bonchev–Trinajstić information content (AvgIpc) is 3.02. The third-order valence-electron chi connectivity index (χ3n) is 3.18. The van der Waals surface area contributed by atoms with E-state index < -0.39 is 0 Å². The van der Waals surface area contributed by atoms with Gasteiger partial charge in [0.25, 0.3) is 0 Å². The Kier molecular flexibility index (Phi) is 2.52. The summed E-state index contributed by atoms with van der Waals surface area (Å²) in [6.07, 6.45) is 0. The van der Waals surface area contributed by atoms with Crippen molar-refractivity contribution in [3.8, 4) is 11.6 Å². The summed E-state index contributed by atoms with van der Waals surface area (Å²) in [5.41, 5.74) is 2.42. The second-order valence-corrected chi connectivity index (χ2v) is 5.33. The van der Waals surface area contributed by atoms with Crippen LogP contribution in [0.25, 0.3) is 33.6 Å². The van der Waals surface area contributed by atoms with Crippen molar-refractivity contribution in [2.45, 2.75) is 0 Å². The van der Waals surface area contributed by atoms with Crippen molar-refractivity contribution >= 4 is 45.2 Å². The second kappa shape index (κ2) is 4.27. The van der Waals surface area contributed by atoms with Gasteiger partial charge in [0, 0.05) is 5.39 Å². The Hall–Kier alpha value is -1.97. The Balaban J connectivity index is 1.93. The van der Waals surface area contributed by atoms with Crippen molar-refractivity contribution in [2.24, 2.45) is 0 Å². The van der Waals surface area contributed by atoms with Crippen molar-refractivity contribution in [1.29, 1.82) is 0 Å². The molecule has 5 heteroatoms. The van der Waals surface area contributed by atoms with Gasteiger partial charge in [-0.3, -0.25) is 0 Å². The Morgan fingerprint density at radius 3 is 2.65 bits per heavy atom. The van der Waals surface area contributed by atoms with E-state index in [4.69, 9.17) is 27.6 Å². The standard InChI is InChI=1S/C15H8Cl2N2O/c16-9-6-11-12(7-10(9)17)19-15(18-11)14-5-8-3-1-2-4-13(8)20-14/h1-7H,(H,18,19). The summed E-state index contributed by atoms with van der Waals surface area (Å²) >= 11 is 12.0. The minimum absolute atomic E-state index is 0.488. The van der Waals surface area contributed by atoms with Crippen LogP contribution in [0.1, 0.15) is 0 Å². The maximum absolute atomic E-state index is 6.00. The van der Waals surface area contributed by atoms with Crippen LogP contribution in [0, 0.1) is 0 Å². The van der Waals surface area contributed by atoms with Gasteiger partial charge in [-0.25, -0.2) is 4.98 Å². The number of nitrogens with zero attached hydrogens (tertiary/aromatic N) is 1. The summed E-state index contributed by atoms with van der Waals surface area (Å²) in [7, 11) is 0. The molecule has 3 nitrogen and oxygen atoms in total. The van der Waals surface area contributed by atoms with Crippen LogP contribution in [-0.4, -0.2) is 9.97 Å². The molecule has 1 N–H and O–H groups in total. The van der Waals surface area contributed by atoms with Gasteiger partial charge in [0.1, 0.15) is 5.58 Å². The number of aromatic amines is 1. The third-order valence-corrected chi connectivity index (χ3v) is 3.91. The highest BCUT2D eigenvalue weighted by molar-refractivity contribution is 6.42. The van der Waals surface area contributed by atoms with Gasteiger partial charge in [-0.2, -0.15) is 0 Å². The zero-order valence-electron chi connectivity index (χ0n) is 10.2. The van der Waals surface area contributed by atoms with Crippen LogP contribution in [0.3, 0.4) is 0 Å². The van der Waals surface area contributed by atoms with E-state index in [9.17, 15) is 0 Å². The highest BCUT2D eigenvalue weighted by Crippen LogP contribution is 2.30. The van der Waals surface area contributed by atoms with Crippen LogP contribution < -0.4 is 0 Å². The van der Waals surface area contributed by atoms with Crippen LogP contribution in [0.5, 0.6) is 0 Å². The van der Waals surface area contributed by atoms with Crippen molar-refractivity contribution in [3.05, 3.63) is 52.5 Å². The molecule has 0 aliphatic rings. The summed E-state index contributed by atoms with van der Waals surface area (Å²) in [5, 5.41) is 2.03. The predicted octanol–water partition coefficient (Wildman–Crippen LogP) is 5.28. The number of hydrogen-bond acceptors (Lipinski definition) is 2. The van der Waals surface area contributed by atoms with Crippen LogP contribution in [0.4, 0.5) is 0 Å². The molecule has 0 aliphatic heterocycles. The fourth-order valence-corrected chi connectivity index (χ4v) is 2.54. The van der Waals surface area contributed by atoms with E-state index in [2.05, 4.69) is 9.97 Å². The van der Waals surface area contributed by atoms with Crippen molar-refractivity contribution in [3.63, 3.8) is 0 Å². The number of hydrogen-bond donors (Lipinski definition) is 1. The number of rotatable bonds is 1. The molecule has 0 atom stereocenters. The van der Waals surface area contributed by atoms with Crippen LogP contribution in [0.15, 0.2) is 46.9 Å². The molecule has 0 amide bonds. The first kappa shape index (κ1) is 11.8. The van der Waals surface area contributed by atoms with Crippen molar-refractivity contribution in [2.75, 3.05) is 0 Å². The number of benzene rings is 2. The highest BCUT2D eigenvalue weighted by Gasteiger charge is 2.12. The molecular formula is C15H8Cl2N2O. The molecule has 0 radical (unpaired) electrons. The van der Waals surface area contributed by atoms with Gasteiger partial charge in [0.2, 0.25) is 0 Å². The molecular weight excluding hydrogens is 295 g/mol. The summed E-state index contributed by atoms with van der Waals surface area (Å²) in [6.45, 7) is 0. The SMILES string of the molecule is Clc1cc2nc(-c3cc4ccccc4o3)[nH]c2cc1Cl. The molecule has 2 heterocycles. The summed E-state index contributed by atoms with van der Waals surface area (Å²) in [4.78, 5) is 7.68. The Morgan fingerprint density at radius 1 is 1.00 bits per heavy atom. The third kappa shape index (κ3) is 1.79. The Bertz CT molecular complexity index is 868. The Labute approximate surface area is 124 Å². The maximum atomic E-state index is 6.00. The molecule has 2 aromatic carbocycles. The number of halogens is 2. The number of furan rings is 1. The molecule has 0 saturated carbocycles. The first-order chi connectivity index (χ1) is 9.70. The molecule has 0 fully saturated rings. The lowest BCUT2D eigenvalue weighted by molar-refractivity contribution is 0.627. The van der Waals surface area contributed by atoms with Crippen molar-refractivity contribution < 1.29 is 4.42 Å². The molecule has 0 unspecified atom stereocenters. The van der Waals surface area contributed by atoms with Crippen LogP contribution in [0.2, 0.25) is 10.0 Å². The van der Waals surface area contributed by atoms with Crippen LogP contribution in [-0.2, 0) is 0 Å². The van der Waals surface area contributed by atoms with E-state index in [-0.39, 0.29) is 0 Å². The van der Waals surface area contributed by atoms with E-state index >= 15 is 0 Å². The molecule has 0 bridgehead atoms. The molecule has 98 valence electrons. The molecule has 20 heavy (non-hydrogen) atoms. The minimum atomic E-state index is 0.488. The summed E-state index contributed by atoms with van der Waals surface area (Å²) in [5.74, 6) is 1.35. The van der Waals surface area contributed by atoms with E-state index in [0.29, 0.717) is 21.6 Å². The monoisotopic (exact) mass is 302 g/mol. The number of H-pyrrole nitrogens is 1. The first-order valence-electron chi connectivity index (χ1n) is 6.04. The minimum Gasteiger partial charge on any atom is -0.453 e. The van der Waals surface area contributed by atoms with Crippen molar-refractivity contribution in [1.82, 2.24) is 9.97 Å². The zero-order chi connectivity index (χ0) is 13.7. The molecule has 2 aromatic heterocycles. The van der Waals surface area contributed by atoms with E-state index in [1.54, 1.807) is 12.1 Å². The largest absolute Gasteiger partial charge is 0.453 e. The Morgan fingerprint density at radius 2 is 1.80 bits per heavy atom. The van der Waals surface area contributed by atoms with Gasteiger partial charge in [-0.1, -0.05) is 41.4 Å². The fourth-order valence-electron chi connectivity index (χ4n) is 2.22. The summed E-state index contributed by atoms with van der Waals surface area (Å²) < 4.78 is 5.78. The predicted molar refractivity (Wildman–Crippen MR) is 81.3 cm³/mol. The van der Waals surface area contributed by atoms with E-state index in [0.717, 1.165) is 22.0 Å². The first-order valence-corrected chi connectivity index (χ1v) is 6.80. The lowest BCUT2D eigenvalue weighted by Gasteiger charge is -1.93. The van der Waals surface area contributed by atoms with E-state index in [1.165, 1.54) is 0 Å². The number of nitrogens with one attached hydrogen (secondary N) is 1. The van der Waals surface area contributed by atoms with Gasteiger partial charge in [-0.05, 0) is 24.3 Å². The number of imidazole rings is 1. The normalized spacial score (nSPS) is 11.5. The highest BCUT2D eigenvalue weighted by atomic mass is 35.5. The molecule has 0 aliphatic carbocycles. The van der Waals surface area contributed by atoms with Gasteiger partial charge < -0.3 is 9.40 Å². The smallest absolute Gasteiger partial charge is 0.174 e. The van der Waals surface area contributed by atoms with E-state index in [1.807, 2.05) is 30.3 Å². The van der Waals surface area contributed by atoms with Crippen LogP contribution >= 0.6 is 23.2 Å². The van der Waals surface area contributed by atoms with Gasteiger partial charge in [0.05, 0.1) is 21.1 Å².